The van der Waals surface area contributed by atoms with Gasteiger partial charge in [0.25, 0.3) is 0 Å². The average Bonchev–Trinajstić information content (AvgIpc) is 2.53. The van der Waals surface area contributed by atoms with Crippen molar-refractivity contribution in [3.8, 4) is 0 Å². The van der Waals surface area contributed by atoms with Crippen LogP contribution in [-0.4, -0.2) is 36.5 Å². The van der Waals surface area contributed by atoms with Crippen molar-refractivity contribution in [1.29, 1.82) is 0 Å². The van der Waals surface area contributed by atoms with Crippen molar-refractivity contribution in [1.82, 2.24) is 4.90 Å². The van der Waals surface area contributed by atoms with Crippen LogP contribution in [0.2, 0.25) is 0 Å². The van der Waals surface area contributed by atoms with Crippen LogP contribution in [0.4, 0.5) is 5.69 Å². The Morgan fingerprint density at radius 1 is 1.45 bits per heavy atom. The Kier molecular flexibility index (Phi) is 6.25. The molecule has 1 fully saturated rings. The number of rotatable bonds is 5. The molecular formula is C18H30N4. The van der Waals surface area contributed by atoms with E-state index in [9.17, 15) is 0 Å². The van der Waals surface area contributed by atoms with E-state index in [0.29, 0.717) is 17.9 Å². The van der Waals surface area contributed by atoms with E-state index in [4.69, 9.17) is 5.73 Å². The number of nitrogens with two attached hydrogens (primary N) is 1. The number of aliphatic imine (C=N–C) groups is 1. The average molecular weight is 302 g/mol. The summed E-state index contributed by atoms with van der Waals surface area (Å²) in [7, 11) is 0. The second kappa shape index (κ2) is 8.18. The van der Waals surface area contributed by atoms with E-state index in [0.717, 1.165) is 25.2 Å². The predicted octanol–water partition coefficient (Wildman–Crippen LogP) is 3.10. The molecule has 122 valence electrons. The topological polar surface area (TPSA) is 53.6 Å². The molecule has 1 saturated heterocycles. The molecular weight excluding hydrogens is 272 g/mol. The molecule has 1 unspecified atom stereocenters. The monoisotopic (exact) mass is 302 g/mol. The Morgan fingerprint density at radius 3 is 3.00 bits per heavy atom. The van der Waals surface area contributed by atoms with Crippen LogP contribution in [0, 0.1) is 5.92 Å². The van der Waals surface area contributed by atoms with Gasteiger partial charge >= 0.3 is 0 Å². The lowest BCUT2D eigenvalue weighted by molar-refractivity contribution is 0.143. The first-order valence-electron chi connectivity index (χ1n) is 8.48. The Balaban J connectivity index is 1.86. The fourth-order valence-corrected chi connectivity index (χ4v) is 3.00. The first-order valence-corrected chi connectivity index (χ1v) is 8.48. The van der Waals surface area contributed by atoms with Gasteiger partial charge in [-0.05, 0) is 63.3 Å². The van der Waals surface area contributed by atoms with Gasteiger partial charge in [0, 0.05) is 24.8 Å². The Hall–Kier alpha value is -1.55. The zero-order valence-electron chi connectivity index (χ0n) is 14.2. The lowest BCUT2D eigenvalue weighted by Gasteiger charge is -2.34. The Morgan fingerprint density at radius 2 is 2.27 bits per heavy atom. The Labute approximate surface area is 134 Å². The fourth-order valence-electron chi connectivity index (χ4n) is 3.00. The van der Waals surface area contributed by atoms with Crippen LogP contribution in [0.25, 0.3) is 0 Å². The number of anilines is 1. The molecule has 2 rings (SSSR count). The third kappa shape index (κ3) is 5.02. The molecule has 4 heteroatoms. The van der Waals surface area contributed by atoms with Crippen LogP contribution in [-0.2, 0) is 6.42 Å². The molecule has 0 saturated carbocycles. The second-order valence-electron chi connectivity index (χ2n) is 6.50. The zero-order chi connectivity index (χ0) is 15.9. The summed E-state index contributed by atoms with van der Waals surface area (Å²) in [5, 5.41) is 3.20. The van der Waals surface area contributed by atoms with E-state index in [1.165, 1.54) is 24.9 Å². The maximum Gasteiger partial charge on any atom is 0.193 e. The van der Waals surface area contributed by atoms with Gasteiger partial charge in [-0.15, -0.1) is 0 Å². The van der Waals surface area contributed by atoms with Crippen LogP contribution in [0.5, 0.6) is 0 Å². The number of hydrogen-bond donors (Lipinski definition) is 2. The SMILES string of the molecule is CCc1cccc(NC(N)=NCC2CCCN(C(C)C)C2)c1. The van der Waals surface area contributed by atoms with Crippen LogP contribution in [0.15, 0.2) is 29.3 Å². The number of aryl methyl sites for hydroxylation is 1. The van der Waals surface area contributed by atoms with Crippen molar-refractivity contribution >= 4 is 11.6 Å². The van der Waals surface area contributed by atoms with Gasteiger partial charge in [-0.2, -0.15) is 0 Å². The molecule has 1 aromatic carbocycles. The third-order valence-electron chi connectivity index (χ3n) is 4.41. The van der Waals surface area contributed by atoms with Gasteiger partial charge in [-0.1, -0.05) is 19.1 Å². The summed E-state index contributed by atoms with van der Waals surface area (Å²) in [6, 6.07) is 8.96. The van der Waals surface area contributed by atoms with Crippen molar-refractivity contribution < 1.29 is 0 Å². The number of nitrogens with zero attached hydrogens (tertiary/aromatic N) is 2. The molecule has 0 spiro atoms. The number of likely N-dealkylation sites (tertiary alicyclic amines) is 1. The highest BCUT2D eigenvalue weighted by Gasteiger charge is 2.21. The first kappa shape index (κ1) is 16.8. The van der Waals surface area contributed by atoms with Crippen LogP contribution < -0.4 is 11.1 Å². The molecule has 1 aliphatic rings. The van der Waals surface area contributed by atoms with E-state index in [2.05, 4.69) is 54.2 Å². The minimum atomic E-state index is 0.523. The quantitative estimate of drug-likeness (QED) is 0.649. The predicted molar refractivity (Wildman–Crippen MR) is 95.4 cm³/mol. The largest absolute Gasteiger partial charge is 0.370 e. The molecule has 0 aliphatic carbocycles. The van der Waals surface area contributed by atoms with Gasteiger partial charge in [0.05, 0.1) is 0 Å². The molecule has 0 amide bonds. The number of benzene rings is 1. The van der Waals surface area contributed by atoms with E-state index < -0.39 is 0 Å². The normalized spacial score (nSPS) is 20.4. The number of hydrogen-bond acceptors (Lipinski definition) is 2. The molecule has 0 bridgehead atoms. The van der Waals surface area contributed by atoms with Gasteiger partial charge in [-0.25, -0.2) is 0 Å². The summed E-state index contributed by atoms with van der Waals surface area (Å²) in [6.07, 6.45) is 3.55. The van der Waals surface area contributed by atoms with Crippen molar-refractivity contribution in [2.75, 3.05) is 25.0 Å². The van der Waals surface area contributed by atoms with Crippen molar-refractivity contribution in [3.05, 3.63) is 29.8 Å². The molecule has 22 heavy (non-hydrogen) atoms. The van der Waals surface area contributed by atoms with E-state index in [1.807, 2.05) is 6.07 Å². The first-order chi connectivity index (χ1) is 10.6. The summed E-state index contributed by atoms with van der Waals surface area (Å²) in [5.74, 6) is 1.15. The minimum absolute atomic E-state index is 0.523. The maximum atomic E-state index is 6.03. The molecule has 3 N–H and O–H groups in total. The highest BCUT2D eigenvalue weighted by Crippen LogP contribution is 2.18. The highest BCUT2D eigenvalue weighted by molar-refractivity contribution is 5.92. The van der Waals surface area contributed by atoms with Crippen molar-refractivity contribution in [3.63, 3.8) is 0 Å². The molecule has 1 aliphatic heterocycles. The zero-order valence-corrected chi connectivity index (χ0v) is 14.2. The van der Waals surface area contributed by atoms with Crippen molar-refractivity contribution in [2.45, 2.75) is 46.1 Å². The molecule has 0 radical (unpaired) electrons. The molecule has 4 nitrogen and oxygen atoms in total. The van der Waals surface area contributed by atoms with Crippen LogP contribution in [0.1, 0.15) is 39.2 Å². The summed E-state index contributed by atoms with van der Waals surface area (Å²) >= 11 is 0. The van der Waals surface area contributed by atoms with E-state index in [-0.39, 0.29) is 0 Å². The standard InChI is InChI=1S/C18H30N4/c1-4-15-7-5-9-17(11-15)21-18(19)20-12-16-8-6-10-22(13-16)14(2)3/h5,7,9,11,14,16H,4,6,8,10,12-13H2,1-3H3,(H3,19,20,21). The highest BCUT2D eigenvalue weighted by atomic mass is 15.2. The molecule has 0 aromatic heterocycles. The number of guanidine groups is 1. The van der Waals surface area contributed by atoms with Gasteiger partial charge < -0.3 is 16.0 Å². The summed E-state index contributed by atoms with van der Waals surface area (Å²) in [6.45, 7) is 9.86. The summed E-state index contributed by atoms with van der Waals surface area (Å²) < 4.78 is 0. The fraction of sp³-hybridized carbons (Fsp3) is 0.611. The third-order valence-corrected chi connectivity index (χ3v) is 4.41. The maximum absolute atomic E-state index is 6.03. The minimum Gasteiger partial charge on any atom is -0.370 e. The lowest BCUT2D eigenvalue weighted by atomic mass is 9.97. The number of piperidine rings is 1. The lowest BCUT2D eigenvalue weighted by Crippen LogP contribution is -2.41. The van der Waals surface area contributed by atoms with Crippen LogP contribution in [0.3, 0.4) is 0 Å². The van der Waals surface area contributed by atoms with Gasteiger partial charge in [0.1, 0.15) is 0 Å². The van der Waals surface area contributed by atoms with E-state index >= 15 is 0 Å². The van der Waals surface area contributed by atoms with Crippen LogP contribution >= 0.6 is 0 Å². The Bertz CT molecular complexity index is 496. The van der Waals surface area contributed by atoms with Gasteiger partial charge in [0.15, 0.2) is 5.96 Å². The van der Waals surface area contributed by atoms with Gasteiger partial charge in [0.2, 0.25) is 0 Å². The summed E-state index contributed by atoms with van der Waals surface area (Å²) in [4.78, 5) is 7.09. The van der Waals surface area contributed by atoms with Crippen molar-refractivity contribution in [2.24, 2.45) is 16.6 Å². The molecule has 1 heterocycles. The number of nitrogens with one attached hydrogen (secondary N) is 1. The molecule has 1 aromatic rings. The molecule has 1 atom stereocenters. The summed E-state index contributed by atoms with van der Waals surface area (Å²) in [5.41, 5.74) is 8.36. The second-order valence-corrected chi connectivity index (χ2v) is 6.50. The van der Waals surface area contributed by atoms with E-state index in [1.54, 1.807) is 0 Å². The van der Waals surface area contributed by atoms with Gasteiger partial charge in [-0.3, -0.25) is 4.99 Å². The smallest absolute Gasteiger partial charge is 0.193 e.